The normalized spacial score (nSPS) is 13.7. The molecule has 1 aliphatic rings. The van der Waals surface area contributed by atoms with Crippen LogP contribution in [0.1, 0.15) is 25.3 Å². The first-order valence-electron chi connectivity index (χ1n) is 9.65. The highest BCUT2D eigenvalue weighted by Crippen LogP contribution is 2.26. The number of fused-ring (bicyclic) bond motifs is 1. The molecule has 0 spiro atoms. The third-order valence-corrected chi connectivity index (χ3v) is 5.07. The molecule has 28 heavy (non-hydrogen) atoms. The van der Waals surface area contributed by atoms with E-state index in [-0.39, 0.29) is 0 Å². The van der Waals surface area contributed by atoms with E-state index in [1.54, 1.807) is 6.07 Å². The van der Waals surface area contributed by atoms with E-state index in [1.165, 1.54) is 6.07 Å². The van der Waals surface area contributed by atoms with E-state index in [9.17, 15) is 9.18 Å². The molecule has 1 aromatic heterocycles. The standard InChI is InChI=1S/C22H23FN4O/c1-2-15-7-3-4-8-19(15)25-22(28)24-17-13-16-9-10-20(27-11-5-6-12-27)26-21(16)18(23)14-17/h3-4,7-10,13-14H,2,5-6,11-12H2,1H3,(H2,24,25,28). The fourth-order valence-electron chi connectivity index (χ4n) is 3.61. The molecule has 3 aromatic rings. The van der Waals surface area contributed by atoms with Crippen molar-refractivity contribution in [3.63, 3.8) is 0 Å². The summed E-state index contributed by atoms with van der Waals surface area (Å²) in [6, 6.07) is 14.0. The summed E-state index contributed by atoms with van der Waals surface area (Å²) in [5.74, 6) is 0.362. The predicted molar refractivity (Wildman–Crippen MR) is 112 cm³/mol. The Bertz CT molecular complexity index is 1010. The molecule has 0 radical (unpaired) electrons. The van der Waals surface area contributed by atoms with Gasteiger partial charge in [0.25, 0.3) is 0 Å². The molecule has 0 aliphatic carbocycles. The van der Waals surface area contributed by atoms with Crippen LogP contribution in [0.5, 0.6) is 0 Å². The summed E-state index contributed by atoms with van der Waals surface area (Å²) in [5.41, 5.74) is 2.51. The summed E-state index contributed by atoms with van der Waals surface area (Å²) >= 11 is 0. The van der Waals surface area contributed by atoms with Gasteiger partial charge in [-0.1, -0.05) is 25.1 Å². The highest BCUT2D eigenvalue weighted by Gasteiger charge is 2.15. The van der Waals surface area contributed by atoms with Gasteiger partial charge >= 0.3 is 6.03 Å². The van der Waals surface area contributed by atoms with Crippen molar-refractivity contribution in [2.24, 2.45) is 0 Å². The molecule has 6 heteroatoms. The Morgan fingerprint density at radius 1 is 1.11 bits per heavy atom. The number of amides is 2. The summed E-state index contributed by atoms with van der Waals surface area (Å²) in [6.45, 7) is 3.94. The molecule has 0 atom stereocenters. The van der Waals surface area contributed by atoms with Crippen LogP contribution < -0.4 is 15.5 Å². The van der Waals surface area contributed by atoms with Crippen molar-refractivity contribution in [1.29, 1.82) is 0 Å². The van der Waals surface area contributed by atoms with Crippen LogP contribution in [-0.4, -0.2) is 24.1 Å². The van der Waals surface area contributed by atoms with Gasteiger partial charge in [0.15, 0.2) is 5.82 Å². The Morgan fingerprint density at radius 3 is 2.68 bits per heavy atom. The van der Waals surface area contributed by atoms with Crippen LogP contribution >= 0.6 is 0 Å². The molecule has 1 saturated heterocycles. The van der Waals surface area contributed by atoms with Crippen molar-refractivity contribution >= 4 is 34.1 Å². The number of benzene rings is 2. The maximum atomic E-state index is 14.7. The molecule has 4 rings (SSSR count). The molecule has 2 N–H and O–H groups in total. The van der Waals surface area contributed by atoms with E-state index < -0.39 is 11.8 Å². The lowest BCUT2D eigenvalue weighted by molar-refractivity contribution is 0.262. The van der Waals surface area contributed by atoms with Crippen molar-refractivity contribution in [2.75, 3.05) is 28.6 Å². The minimum atomic E-state index is -0.442. The van der Waals surface area contributed by atoms with E-state index in [1.807, 2.05) is 43.3 Å². The number of nitrogens with zero attached hydrogens (tertiary/aromatic N) is 2. The Hall–Kier alpha value is -3.15. The molecule has 2 amide bonds. The highest BCUT2D eigenvalue weighted by molar-refractivity contribution is 6.01. The highest BCUT2D eigenvalue weighted by atomic mass is 19.1. The lowest BCUT2D eigenvalue weighted by Crippen LogP contribution is -2.20. The molecule has 5 nitrogen and oxygen atoms in total. The van der Waals surface area contributed by atoms with Crippen LogP contribution in [0.15, 0.2) is 48.5 Å². The second-order valence-corrected chi connectivity index (χ2v) is 6.98. The number of anilines is 3. The molecule has 0 unspecified atom stereocenters. The molecule has 1 aliphatic heterocycles. The Kier molecular flexibility index (Phi) is 5.10. The third-order valence-electron chi connectivity index (χ3n) is 5.07. The van der Waals surface area contributed by atoms with E-state index >= 15 is 0 Å². The maximum Gasteiger partial charge on any atom is 0.323 e. The number of rotatable bonds is 4. The van der Waals surface area contributed by atoms with Gasteiger partial charge < -0.3 is 15.5 Å². The molecule has 144 valence electrons. The van der Waals surface area contributed by atoms with Crippen molar-refractivity contribution in [2.45, 2.75) is 26.2 Å². The van der Waals surface area contributed by atoms with Gasteiger partial charge in [0, 0.05) is 29.9 Å². The number of hydrogen-bond donors (Lipinski definition) is 2. The maximum absolute atomic E-state index is 14.7. The lowest BCUT2D eigenvalue weighted by Gasteiger charge is -2.17. The van der Waals surface area contributed by atoms with Crippen molar-refractivity contribution in [3.05, 3.63) is 59.9 Å². The quantitative estimate of drug-likeness (QED) is 0.658. The SMILES string of the molecule is CCc1ccccc1NC(=O)Nc1cc(F)c2nc(N3CCCC3)ccc2c1. The average molecular weight is 378 g/mol. The fourth-order valence-corrected chi connectivity index (χ4v) is 3.61. The monoisotopic (exact) mass is 378 g/mol. The van der Waals surface area contributed by atoms with Gasteiger partial charge in [0.1, 0.15) is 11.3 Å². The van der Waals surface area contributed by atoms with Gasteiger partial charge in [-0.2, -0.15) is 0 Å². The number of para-hydroxylation sites is 1. The minimum Gasteiger partial charge on any atom is -0.357 e. The number of nitrogens with one attached hydrogen (secondary N) is 2. The van der Waals surface area contributed by atoms with Gasteiger partial charge in [0.2, 0.25) is 0 Å². The number of hydrogen-bond acceptors (Lipinski definition) is 3. The Morgan fingerprint density at radius 2 is 1.89 bits per heavy atom. The molecular formula is C22H23FN4O. The first-order chi connectivity index (χ1) is 13.6. The zero-order chi connectivity index (χ0) is 19.5. The lowest BCUT2D eigenvalue weighted by atomic mass is 10.1. The van der Waals surface area contributed by atoms with E-state index in [2.05, 4.69) is 20.5 Å². The molecule has 1 fully saturated rings. The smallest absolute Gasteiger partial charge is 0.323 e. The van der Waals surface area contributed by atoms with Gasteiger partial charge in [-0.3, -0.25) is 0 Å². The summed E-state index contributed by atoms with van der Waals surface area (Å²) in [4.78, 5) is 19.0. The first kappa shape index (κ1) is 18.2. The van der Waals surface area contributed by atoms with Crippen LogP contribution in [0.3, 0.4) is 0 Å². The summed E-state index contributed by atoms with van der Waals surface area (Å²) < 4.78 is 14.7. The largest absolute Gasteiger partial charge is 0.357 e. The topological polar surface area (TPSA) is 57.3 Å². The van der Waals surface area contributed by atoms with Gasteiger partial charge in [0.05, 0.1) is 0 Å². The zero-order valence-corrected chi connectivity index (χ0v) is 15.8. The van der Waals surface area contributed by atoms with Crippen LogP contribution in [-0.2, 0) is 6.42 Å². The molecule has 2 aromatic carbocycles. The number of carbonyl (C=O) groups is 1. The third kappa shape index (κ3) is 3.76. The molecular weight excluding hydrogens is 355 g/mol. The number of aromatic nitrogens is 1. The van der Waals surface area contributed by atoms with Gasteiger partial charge in [-0.25, -0.2) is 14.2 Å². The van der Waals surface area contributed by atoms with Crippen LogP contribution in [0.25, 0.3) is 10.9 Å². The zero-order valence-electron chi connectivity index (χ0n) is 15.8. The number of urea groups is 1. The number of carbonyl (C=O) groups excluding carboxylic acids is 1. The van der Waals surface area contributed by atoms with Crippen LogP contribution in [0, 0.1) is 5.82 Å². The fraction of sp³-hybridized carbons (Fsp3) is 0.273. The van der Waals surface area contributed by atoms with Gasteiger partial charge in [-0.15, -0.1) is 0 Å². The minimum absolute atomic E-state index is 0.326. The Labute approximate surface area is 163 Å². The molecule has 0 saturated carbocycles. The summed E-state index contributed by atoms with van der Waals surface area (Å²) in [7, 11) is 0. The van der Waals surface area contributed by atoms with E-state index in [0.717, 1.165) is 49.4 Å². The van der Waals surface area contributed by atoms with Crippen molar-refractivity contribution in [3.8, 4) is 0 Å². The molecule has 2 heterocycles. The second-order valence-electron chi connectivity index (χ2n) is 6.98. The van der Waals surface area contributed by atoms with E-state index in [4.69, 9.17) is 0 Å². The Balaban J connectivity index is 1.54. The van der Waals surface area contributed by atoms with Crippen molar-refractivity contribution in [1.82, 2.24) is 4.98 Å². The van der Waals surface area contributed by atoms with Crippen molar-refractivity contribution < 1.29 is 9.18 Å². The number of pyridine rings is 1. The predicted octanol–water partition coefficient (Wildman–Crippen LogP) is 5.18. The average Bonchev–Trinajstić information content (AvgIpc) is 3.23. The molecule has 0 bridgehead atoms. The van der Waals surface area contributed by atoms with Crippen LogP contribution in [0.4, 0.5) is 26.4 Å². The second kappa shape index (κ2) is 7.84. The van der Waals surface area contributed by atoms with Crippen LogP contribution in [0.2, 0.25) is 0 Å². The number of halogens is 1. The number of aryl methyl sites for hydroxylation is 1. The first-order valence-corrected chi connectivity index (χ1v) is 9.65. The summed E-state index contributed by atoms with van der Waals surface area (Å²) in [5, 5.41) is 6.20. The van der Waals surface area contributed by atoms with E-state index in [0.29, 0.717) is 16.6 Å². The van der Waals surface area contributed by atoms with Gasteiger partial charge in [-0.05, 0) is 55.2 Å². The summed E-state index contributed by atoms with van der Waals surface area (Å²) in [6.07, 6.45) is 3.09.